The molecule has 1 aromatic heterocycles. The molecule has 0 atom stereocenters. The maximum atomic E-state index is 13.1. The standard InChI is InChI=1S/C23H16ClN5O2S/c1-13-19(25-2)23(32-29-13)28-27-20-17-7-5-4-6-14(17)12-18(21(20)31-3)22(30)26-16-10-8-15(24)9-11-16/h4-12H,1,3H3,(H,26,30)/b28-27+. The minimum atomic E-state index is -0.359. The molecular formula is C23H16ClN5O2S. The van der Waals surface area contributed by atoms with Crippen LogP contribution in [0.3, 0.4) is 0 Å². The third kappa shape index (κ3) is 4.17. The second kappa shape index (κ2) is 9.14. The Morgan fingerprint density at radius 3 is 2.66 bits per heavy atom. The Labute approximate surface area is 193 Å². The van der Waals surface area contributed by atoms with Crippen LogP contribution >= 0.6 is 23.1 Å². The number of azo groups is 1. The number of benzene rings is 3. The number of aryl methyl sites for hydroxylation is 1. The molecule has 0 unspecified atom stereocenters. The topological polar surface area (TPSA) is 80.3 Å². The molecule has 0 aliphatic heterocycles. The molecule has 158 valence electrons. The van der Waals surface area contributed by atoms with Crippen LogP contribution in [-0.4, -0.2) is 17.4 Å². The zero-order chi connectivity index (χ0) is 22.7. The van der Waals surface area contributed by atoms with Crippen LogP contribution in [0.5, 0.6) is 5.75 Å². The first-order valence-corrected chi connectivity index (χ1v) is 10.6. The lowest BCUT2D eigenvalue weighted by atomic mass is 10.0. The Hall–Kier alpha value is -3.80. The van der Waals surface area contributed by atoms with Gasteiger partial charge in [0.25, 0.3) is 5.91 Å². The van der Waals surface area contributed by atoms with E-state index in [-0.39, 0.29) is 11.7 Å². The minimum Gasteiger partial charge on any atom is -0.494 e. The SMILES string of the molecule is [C-]#[N+]c1c(C)nsc1/N=N/c1c(OC)c(C(=O)Nc2ccc(Cl)cc2)cc2ccccc12. The fourth-order valence-electron chi connectivity index (χ4n) is 3.16. The molecule has 1 N–H and O–H groups in total. The first-order valence-electron chi connectivity index (χ1n) is 9.44. The molecule has 0 saturated carbocycles. The predicted molar refractivity (Wildman–Crippen MR) is 127 cm³/mol. The lowest BCUT2D eigenvalue weighted by Gasteiger charge is -2.14. The number of fused-ring (bicyclic) bond motifs is 1. The van der Waals surface area contributed by atoms with E-state index in [2.05, 4.69) is 24.8 Å². The first kappa shape index (κ1) is 21.4. The average Bonchev–Trinajstić information content (AvgIpc) is 3.17. The number of carbonyl (C=O) groups is 1. The number of hydrogen-bond donors (Lipinski definition) is 1. The van der Waals surface area contributed by atoms with Crippen molar-refractivity contribution < 1.29 is 9.53 Å². The number of nitrogens with one attached hydrogen (secondary N) is 1. The lowest BCUT2D eigenvalue weighted by molar-refractivity contribution is 0.102. The third-order valence-electron chi connectivity index (χ3n) is 4.69. The van der Waals surface area contributed by atoms with E-state index in [1.165, 1.54) is 7.11 Å². The largest absolute Gasteiger partial charge is 0.494 e. The van der Waals surface area contributed by atoms with Crippen molar-refractivity contribution >= 4 is 61.9 Å². The highest BCUT2D eigenvalue weighted by Crippen LogP contribution is 2.42. The molecular weight excluding hydrogens is 446 g/mol. The summed E-state index contributed by atoms with van der Waals surface area (Å²) in [6, 6.07) is 16.1. The third-order valence-corrected chi connectivity index (χ3v) is 5.76. The Morgan fingerprint density at radius 1 is 1.19 bits per heavy atom. The summed E-state index contributed by atoms with van der Waals surface area (Å²) in [5, 5.41) is 14.0. The van der Waals surface area contributed by atoms with Crippen molar-refractivity contribution in [3.63, 3.8) is 0 Å². The maximum Gasteiger partial charge on any atom is 0.259 e. The van der Waals surface area contributed by atoms with Crippen molar-refractivity contribution in [3.05, 3.63) is 82.3 Å². The average molecular weight is 462 g/mol. The molecule has 0 spiro atoms. The smallest absolute Gasteiger partial charge is 0.259 e. The highest BCUT2D eigenvalue weighted by atomic mass is 35.5. The summed E-state index contributed by atoms with van der Waals surface area (Å²) in [5.41, 5.74) is 2.26. The molecule has 1 heterocycles. The van der Waals surface area contributed by atoms with Crippen LogP contribution < -0.4 is 10.1 Å². The van der Waals surface area contributed by atoms with Gasteiger partial charge in [-0.05, 0) is 54.2 Å². The summed E-state index contributed by atoms with van der Waals surface area (Å²) in [6.07, 6.45) is 0. The zero-order valence-corrected chi connectivity index (χ0v) is 18.7. The number of amides is 1. The molecule has 4 rings (SSSR count). The zero-order valence-electron chi connectivity index (χ0n) is 17.1. The number of nitrogens with zero attached hydrogens (tertiary/aromatic N) is 4. The van der Waals surface area contributed by atoms with Crippen LogP contribution in [0.15, 0.2) is 64.8 Å². The molecule has 4 aromatic rings. The van der Waals surface area contributed by atoms with Crippen LogP contribution in [-0.2, 0) is 0 Å². The van der Waals surface area contributed by atoms with Gasteiger partial charge >= 0.3 is 0 Å². The van der Waals surface area contributed by atoms with Crippen molar-refractivity contribution in [2.24, 2.45) is 10.2 Å². The van der Waals surface area contributed by atoms with Crippen molar-refractivity contribution in [2.75, 3.05) is 12.4 Å². The Kier molecular flexibility index (Phi) is 6.12. The summed E-state index contributed by atoms with van der Waals surface area (Å²) in [7, 11) is 1.48. The highest BCUT2D eigenvalue weighted by molar-refractivity contribution is 7.10. The van der Waals surface area contributed by atoms with E-state index in [0.717, 1.165) is 22.3 Å². The van der Waals surface area contributed by atoms with Gasteiger partial charge in [-0.25, -0.2) is 9.22 Å². The van der Waals surface area contributed by atoms with Crippen molar-refractivity contribution in [1.82, 2.24) is 4.37 Å². The van der Waals surface area contributed by atoms with Crippen molar-refractivity contribution in [2.45, 2.75) is 6.92 Å². The fourth-order valence-corrected chi connectivity index (χ4v) is 3.95. The van der Waals surface area contributed by atoms with Gasteiger partial charge in [-0.2, -0.15) is 0 Å². The number of halogens is 1. The van der Waals surface area contributed by atoms with Gasteiger partial charge in [0.2, 0.25) is 5.69 Å². The number of aromatic nitrogens is 1. The van der Waals surface area contributed by atoms with Crippen LogP contribution in [0.2, 0.25) is 5.02 Å². The summed E-state index contributed by atoms with van der Waals surface area (Å²) < 4.78 is 9.78. The molecule has 0 radical (unpaired) electrons. The predicted octanol–water partition coefficient (Wildman–Crippen LogP) is 7.49. The molecule has 0 fully saturated rings. The molecule has 7 nitrogen and oxygen atoms in total. The second-order valence-corrected chi connectivity index (χ2v) is 7.91. The van der Waals surface area contributed by atoms with Crippen LogP contribution in [0, 0.1) is 13.5 Å². The van der Waals surface area contributed by atoms with E-state index in [1.807, 2.05) is 24.3 Å². The fraction of sp³-hybridized carbons (Fsp3) is 0.0870. The lowest BCUT2D eigenvalue weighted by Crippen LogP contribution is -2.13. The van der Waals surface area contributed by atoms with Gasteiger partial charge in [0, 0.05) is 16.1 Å². The van der Waals surface area contributed by atoms with Gasteiger partial charge < -0.3 is 10.1 Å². The normalized spacial score (nSPS) is 10.9. The monoisotopic (exact) mass is 461 g/mol. The van der Waals surface area contributed by atoms with Crippen molar-refractivity contribution in [1.29, 1.82) is 0 Å². The molecule has 0 aliphatic rings. The Bertz CT molecular complexity index is 1390. The van der Waals surface area contributed by atoms with Gasteiger partial charge in [-0.3, -0.25) is 4.79 Å². The number of methoxy groups -OCH3 is 1. The van der Waals surface area contributed by atoms with Crippen LogP contribution in [0.4, 0.5) is 22.1 Å². The van der Waals surface area contributed by atoms with E-state index in [0.29, 0.717) is 38.3 Å². The number of hydrogen-bond acceptors (Lipinski definition) is 6. The van der Waals surface area contributed by atoms with Crippen molar-refractivity contribution in [3.8, 4) is 5.75 Å². The molecule has 0 aliphatic carbocycles. The van der Waals surface area contributed by atoms with Crippen LogP contribution in [0.25, 0.3) is 15.6 Å². The van der Waals surface area contributed by atoms with Gasteiger partial charge in [0.15, 0.2) is 10.8 Å². The Balaban J connectivity index is 1.82. The molecule has 0 bridgehead atoms. The number of ether oxygens (including phenoxy) is 1. The van der Waals surface area contributed by atoms with Gasteiger partial charge in [0.1, 0.15) is 5.69 Å². The number of rotatable bonds is 5. The summed E-state index contributed by atoms with van der Waals surface area (Å²) in [5.74, 6) is -0.0774. The summed E-state index contributed by atoms with van der Waals surface area (Å²) >= 11 is 7.03. The van der Waals surface area contributed by atoms with E-state index in [1.54, 1.807) is 37.3 Å². The summed E-state index contributed by atoms with van der Waals surface area (Å²) in [4.78, 5) is 16.6. The quantitative estimate of drug-likeness (QED) is 0.247. The number of anilines is 1. The van der Waals surface area contributed by atoms with Gasteiger partial charge in [0.05, 0.1) is 24.9 Å². The van der Waals surface area contributed by atoms with Crippen LogP contribution in [0.1, 0.15) is 16.1 Å². The van der Waals surface area contributed by atoms with Gasteiger partial charge in [-0.15, -0.1) is 10.2 Å². The highest BCUT2D eigenvalue weighted by Gasteiger charge is 2.20. The van der Waals surface area contributed by atoms with E-state index in [4.69, 9.17) is 22.9 Å². The minimum absolute atomic E-state index is 0.282. The van der Waals surface area contributed by atoms with E-state index < -0.39 is 0 Å². The first-order chi connectivity index (χ1) is 15.5. The maximum absolute atomic E-state index is 13.1. The second-order valence-electron chi connectivity index (χ2n) is 6.72. The molecule has 9 heteroatoms. The van der Waals surface area contributed by atoms with Gasteiger partial charge in [-0.1, -0.05) is 35.9 Å². The molecule has 32 heavy (non-hydrogen) atoms. The molecule has 3 aromatic carbocycles. The number of carbonyl (C=O) groups excluding carboxylic acids is 1. The van der Waals surface area contributed by atoms with E-state index >= 15 is 0 Å². The van der Waals surface area contributed by atoms with E-state index in [9.17, 15) is 4.79 Å². The molecule has 0 saturated heterocycles. The molecule has 1 amide bonds. The Morgan fingerprint density at radius 2 is 1.94 bits per heavy atom. The summed E-state index contributed by atoms with van der Waals surface area (Å²) in [6.45, 7) is 9.10.